The topological polar surface area (TPSA) is 38.8 Å². The Balaban J connectivity index is 1.84. The zero-order chi connectivity index (χ0) is 25.9. The quantitative estimate of drug-likeness (QED) is 0.334. The third kappa shape index (κ3) is 5.35. The van der Waals surface area contributed by atoms with Gasteiger partial charge in [-0.05, 0) is 55.2 Å². The molecule has 4 atom stereocenters. The highest BCUT2D eigenvalue weighted by atomic mass is 35.5. The van der Waals surface area contributed by atoms with Crippen molar-refractivity contribution >= 4 is 29.1 Å². The Bertz CT molecular complexity index is 1190. The van der Waals surface area contributed by atoms with Crippen LogP contribution in [-0.4, -0.2) is 31.1 Å². The van der Waals surface area contributed by atoms with E-state index in [2.05, 4.69) is 25.6 Å². The molecule has 2 unspecified atom stereocenters. The van der Waals surface area contributed by atoms with Crippen molar-refractivity contribution in [3.8, 4) is 11.5 Å². The summed E-state index contributed by atoms with van der Waals surface area (Å²) in [5.74, 6) is 1.71. The average Bonchev–Trinajstić information content (AvgIpc) is 2.87. The monoisotopic (exact) mass is 525 g/mol. The Morgan fingerprint density at radius 3 is 2.61 bits per heavy atom. The van der Waals surface area contributed by atoms with Gasteiger partial charge < -0.3 is 14.4 Å². The number of hydrogen-bond acceptors (Lipinski definition) is 3. The molecule has 1 amide bonds. The highest BCUT2D eigenvalue weighted by Crippen LogP contribution is 2.49. The summed E-state index contributed by atoms with van der Waals surface area (Å²) in [6.07, 6.45) is 10.0. The van der Waals surface area contributed by atoms with E-state index in [-0.39, 0.29) is 23.8 Å². The fourth-order valence-electron chi connectivity index (χ4n) is 5.67. The second-order valence-corrected chi connectivity index (χ2v) is 10.7. The fraction of sp³-hybridized carbons (Fsp3) is 0.367. The van der Waals surface area contributed by atoms with Gasteiger partial charge >= 0.3 is 0 Å². The number of likely N-dealkylation sites (tertiary alicyclic amines) is 1. The minimum Gasteiger partial charge on any atom is -0.497 e. The summed E-state index contributed by atoms with van der Waals surface area (Å²) in [5.41, 5.74) is 1.48. The van der Waals surface area contributed by atoms with Crippen LogP contribution in [-0.2, 0) is 11.3 Å². The maximum atomic E-state index is 14.2. The highest BCUT2D eigenvalue weighted by Gasteiger charge is 2.50. The summed E-state index contributed by atoms with van der Waals surface area (Å²) >= 11 is 12.7. The molecule has 1 saturated heterocycles. The number of allylic oxidation sites excluding steroid dienone is 4. The van der Waals surface area contributed by atoms with Crippen LogP contribution in [0.5, 0.6) is 11.5 Å². The molecule has 1 fully saturated rings. The lowest BCUT2D eigenvalue weighted by atomic mass is 9.65. The Morgan fingerprint density at radius 2 is 1.97 bits per heavy atom. The van der Waals surface area contributed by atoms with Crippen molar-refractivity contribution in [1.29, 1.82) is 0 Å². The van der Waals surface area contributed by atoms with Gasteiger partial charge in [-0.1, -0.05) is 60.5 Å². The van der Waals surface area contributed by atoms with Crippen molar-refractivity contribution in [3.05, 3.63) is 94.5 Å². The van der Waals surface area contributed by atoms with E-state index < -0.39 is 5.41 Å². The van der Waals surface area contributed by atoms with Crippen LogP contribution in [0.25, 0.3) is 0 Å². The summed E-state index contributed by atoms with van der Waals surface area (Å²) in [7, 11) is 3.27. The van der Waals surface area contributed by atoms with Gasteiger partial charge in [-0.3, -0.25) is 4.79 Å². The number of hydrogen-bond donors (Lipinski definition) is 0. The number of carbonyl (C=O) groups is 1. The Morgan fingerprint density at radius 1 is 1.17 bits per heavy atom. The van der Waals surface area contributed by atoms with Gasteiger partial charge in [0, 0.05) is 46.1 Å². The first-order chi connectivity index (χ1) is 17.3. The number of rotatable bonds is 8. The molecule has 2 aromatic rings. The molecule has 0 N–H and O–H groups in total. The van der Waals surface area contributed by atoms with E-state index in [0.717, 1.165) is 22.6 Å². The van der Waals surface area contributed by atoms with Crippen LogP contribution in [0.2, 0.25) is 5.02 Å². The molecule has 1 aliphatic carbocycles. The number of amides is 1. The molecule has 0 saturated carbocycles. The fourth-order valence-corrected chi connectivity index (χ4v) is 6.03. The lowest BCUT2D eigenvalue weighted by molar-refractivity contribution is -0.152. The number of nitrogens with zero attached hydrogens (tertiary/aromatic N) is 1. The summed E-state index contributed by atoms with van der Waals surface area (Å²) in [6.45, 7) is 6.43. The molecule has 1 heterocycles. The maximum Gasteiger partial charge on any atom is 0.229 e. The Hall–Kier alpha value is -2.69. The van der Waals surface area contributed by atoms with Crippen molar-refractivity contribution in [1.82, 2.24) is 4.90 Å². The Kier molecular flexibility index (Phi) is 8.17. The minimum atomic E-state index is -0.587. The predicted molar refractivity (Wildman–Crippen MR) is 147 cm³/mol. The van der Waals surface area contributed by atoms with E-state index in [1.165, 1.54) is 0 Å². The van der Waals surface area contributed by atoms with Crippen molar-refractivity contribution < 1.29 is 14.3 Å². The second kappa shape index (κ2) is 11.1. The van der Waals surface area contributed by atoms with Crippen molar-refractivity contribution in [2.45, 2.75) is 44.7 Å². The highest BCUT2D eigenvalue weighted by molar-refractivity contribution is 6.31. The third-order valence-electron chi connectivity index (χ3n) is 7.45. The zero-order valence-corrected chi connectivity index (χ0v) is 22.6. The largest absolute Gasteiger partial charge is 0.497 e. The van der Waals surface area contributed by atoms with E-state index in [4.69, 9.17) is 32.7 Å². The molecule has 4 nitrogen and oxygen atoms in total. The smallest absolute Gasteiger partial charge is 0.229 e. The first kappa shape index (κ1) is 26.4. The van der Waals surface area contributed by atoms with Crippen LogP contribution in [0.1, 0.15) is 43.2 Å². The van der Waals surface area contributed by atoms with E-state index in [0.29, 0.717) is 35.9 Å². The molecule has 0 bridgehead atoms. The van der Waals surface area contributed by atoms with Crippen LogP contribution in [0.4, 0.5) is 0 Å². The molecule has 1 aliphatic heterocycles. The zero-order valence-electron chi connectivity index (χ0n) is 21.0. The molecular weight excluding hydrogens is 493 g/mol. The molecule has 0 spiro atoms. The minimum absolute atomic E-state index is 0.0792. The first-order valence-corrected chi connectivity index (χ1v) is 13.0. The SMILES string of the molecule is C=CCC1(C)C[C@H](c2cccc(Cl)c2)[C@@H](C2C=CC(Cl)=CC2)N(Cc2ccc(OC)cc2OC)C1=O. The van der Waals surface area contributed by atoms with Gasteiger partial charge in [0.15, 0.2) is 0 Å². The molecule has 0 radical (unpaired) electrons. The molecule has 36 heavy (non-hydrogen) atoms. The van der Waals surface area contributed by atoms with Crippen molar-refractivity contribution in [2.75, 3.05) is 14.2 Å². The Labute approximate surface area is 224 Å². The van der Waals surface area contributed by atoms with E-state index in [9.17, 15) is 4.79 Å². The van der Waals surface area contributed by atoms with Crippen LogP contribution < -0.4 is 9.47 Å². The lowest BCUT2D eigenvalue weighted by Gasteiger charge is -2.51. The summed E-state index contributed by atoms with van der Waals surface area (Å²) < 4.78 is 11.1. The van der Waals surface area contributed by atoms with Gasteiger partial charge in [-0.2, -0.15) is 0 Å². The summed E-state index contributed by atoms with van der Waals surface area (Å²) in [5, 5.41) is 1.42. The van der Waals surface area contributed by atoms with Crippen LogP contribution in [0.15, 0.2) is 78.4 Å². The number of ether oxygens (including phenoxy) is 2. The van der Waals surface area contributed by atoms with E-state index >= 15 is 0 Å². The number of methoxy groups -OCH3 is 2. The number of benzene rings is 2. The number of carbonyl (C=O) groups excluding carboxylic acids is 1. The lowest BCUT2D eigenvalue weighted by Crippen LogP contribution is -2.57. The van der Waals surface area contributed by atoms with Gasteiger partial charge in [-0.15, -0.1) is 6.58 Å². The predicted octanol–water partition coefficient (Wildman–Crippen LogP) is 7.52. The number of halogens is 2. The third-order valence-corrected chi connectivity index (χ3v) is 7.97. The van der Waals surface area contributed by atoms with Crippen LogP contribution in [0.3, 0.4) is 0 Å². The van der Waals surface area contributed by atoms with Crippen molar-refractivity contribution in [3.63, 3.8) is 0 Å². The van der Waals surface area contributed by atoms with Gasteiger partial charge in [0.1, 0.15) is 11.5 Å². The summed E-state index contributed by atoms with van der Waals surface area (Å²) in [4.78, 5) is 16.3. The van der Waals surface area contributed by atoms with Gasteiger partial charge in [0.05, 0.1) is 19.6 Å². The van der Waals surface area contributed by atoms with Gasteiger partial charge in [0.25, 0.3) is 0 Å². The standard InChI is InChI=1S/C30H33Cl2NO3/c1-5-15-30(2)18-26(21-7-6-8-24(32)16-21)28(20-9-12-23(31)13-10-20)33(29(30)34)19-22-11-14-25(35-3)17-27(22)36-4/h5-9,11-14,16-17,20,26,28H,1,10,15,18-19H2,2-4H3/t20?,26-,28-,30?/m1/s1. The first-order valence-electron chi connectivity index (χ1n) is 12.2. The molecule has 0 aromatic heterocycles. The molecule has 2 aromatic carbocycles. The second-order valence-electron chi connectivity index (χ2n) is 9.87. The van der Waals surface area contributed by atoms with Crippen LogP contribution >= 0.6 is 23.2 Å². The maximum absolute atomic E-state index is 14.2. The normalized spacial score (nSPS) is 25.9. The number of piperidine rings is 1. The average molecular weight is 527 g/mol. The van der Waals surface area contributed by atoms with E-state index in [1.807, 2.05) is 59.5 Å². The molecule has 2 aliphatic rings. The van der Waals surface area contributed by atoms with Crippen LogP contribution in [0, 0.1) is 11.3 Å². The molecular formula is C30H33Cl2NO3. The molecule has 4 rings (SSSR count). The van der Waals surface area contributed by atoms with Crippen molar-refractivity contribution in [2.24, 2.45) is 11.3 Å². The van der Waals surface area contributed by atoms with Gasteiger partial charge in [0.2, 0.25) is 5.91 Å². The van der Waals surface area contributed by atoms with E-state index in [1.54, 1.807) is 14.2 Å². The molecule has 6 heteroatoms. The molecule has 190 valence electrons. The summed E-state index contributed by atoms with van der Waals surface area (Å²) in [6, 6.07) is 13.7. The van der Waals surface area contributed by atoms with Gasteiger partial charge in [-0.25, -0.2) is 0 Å².